The summed E-state index contributed by atoms with van der Waals surface area (Å²) in [5.74, 6) is 0.531. The van der Waals surface area contributed by atoms with Crippen LogP contribution in [0.5, 0.6) is 0 Å². The summed E-state index contributed by atoms with van der Waals surface area (Å²) in [5, 5.41) is 8.64. The second-order valence-electron chi connectivity index (χ2n) is 6.22. The molecule has 8 heteroatoms. The fourth-order valence-electron chi connectivity index (χ4n) is 3.25. The summed E-state index contributed by atoms with van der Waals surface area (Å²) < 4.78 is 3.54. The Morgan fingerprint density at radius 3 is 2.96 bits per heavy atom. The molecule has 0 aromatic carbocycles. The first-order chi connectivity index (χ1) is 11.6. The number of fused-ring (bicyclic) bond motifs is 1. The Kier molecular flexibility index (Phi) is 3.51. The Hall–Kier alpha value is -2.77. The molecule has 1 atom stereocenters. The van der Waals surface area contributed by atoms with Gasteiger partial charge in [0.05, 0.1) is 6.04 Å². The van der Waals surface area contributed by atoms with E-state index in [0.717, 1.165) is 30.8 Å². The number of hydrogen-bond acceptors (Lipinski definition) is 5. The monoisotopic (exact) mass is 325 g/mol. The van der Waals surface area contributed by atoms with Crippen molar-refractivity contribution in [1.82, 2.24) is 34.3 Å². The maximum absolute atomic E-state index is 12.8. The number of aromatic nitrogens is 6. The van der Waals surface area contributed by atoms with Gasteiger partial charge in [-0.15, -0.1) is 5.10 Å². The lowest BCUT2D eigenvalue weighted by Gasteiger charge is -2.32. The average molecular weight is 325 g/mol. The van der Waals surface area contributed by atoms with Crippen molar-refractivity contribution in [3.63, 3.8) is 0 Å². The second kappa shape index (κ2) is 5.70. The zero-order chi connectivity index (χ0) is 16.7. The zero-order valence-corrected chi connectivity index (χ0v) is 13.8. The first kappa shape index (κ1) is 14.8. The highest BCUT2D eigenvalue weighted by Crippen LogP contribution is 2.21. The Bertz CT molecular complexity index is 883. The Balaban J connectivity index is 1.60. The van der Waals surface area contributed by atoms with Gasteiger partial charge in [-0.2, -0.15) is 10.1 Å². The van der Waals surface area contributed by atoms with Crippen LogP contribution in [0.4, 0.5) is 0 Å². The van der Waals surface area contributed by atoms with Crippen LogP contribution in [0, 0.1) is 13.8 Å². The molecule has 24 heavy (non-hydrogen) atoms. The van der Waals surface area contributed by atoms with E-state index in [4.69, 9.17) is 0 Å². The van der Waals surface area contributed by atoms with E-state index in [0.29, 0.717) is 12.3 Å². The molecule has 0 N–H and O–H groups in total. The predicted octanol–water partition coefficient (Wildman–Crippen LogP) is 1.41. The lowest BCUT2D eigenvalue weighted by atomic mass is 10.1. The SMILES string of the molecule is Cc1cc(C)n2nc(C(=O)N3CCC[C@H](n4cccn4)C3)nc2n1. The third kappa shape index (κ3) is 2.53. The number of nitrogens with zero attached hydrogens (tertiary/aromatic N) is 7. The van der Waals surface area contributed by atoms with Crippen LogP contribution >= 0.6 is 0 Å². The molecule has 8 nitrogen and oxygen atoms in total. The van der Waals surface area contributed by atoms with Gasteiger partial charge in [0.2, 0.25) is 5.82 Å². The van der Waals surface area contributed by atoms with Crippen molar-refractivity contribution in [2.75, 3.05) is 13.1 Å². The Morgan fingerprint density at radius 2 is 2.17 bits per heavy atom. The van der Waals surface area contributed by atoms with Crippen molar-refractivity contribution < 1.29 is 4.79 Å². The summed E-state index contributed by atoms with van der Waals surface area (Å²) in [6.07, 6.45) is 5.67. The minimum Gasteiger partial charge on any atom is -0.334 e. The molecule has 0 bridgehead atoms. The molecule has 1 aliphatic heterocycles. The van der Waals surface area contributed by atoms with E-state index >= 15 is 0 Å². The molecule has 0 radical (unpaired) electrons. The smallest absolute Gasteiger partial charge is 0.293 e. The van der Waals surface area contributed by atoms with Crippen molar-refractivity contribution in [3.8, 4) is 0 Å². The number of aryl methyl sites for hydroxylation is 2. The summed E-state index contributed by atoms with van der Waals surface area (Å²) in [7, 11) is 0. The van der Waals surface area contributed by atoms with Crippen molar-refractivity contribution in [1.29, 1.82) is 0 Å². The van der Waals surface area contributed by atoms with Gasteiger partial charge in [0, 0.05) is 36.9 Å². The third-order valence-corrected chi connectivity index (χ3v) is 4.39. The average Bonchev–Trinajstić information content (AvgIpc) is 3.24. The number of piperidine rings is 1. The molecule has 0 saturated carbocycles. The van der Waals surface area contributed by atoms with Gasteiger partial charge in [-0.25, -0.2) is 9.50 Å². The lowest BCUT2D eigenvalue weighted by Crippen LogP contribution is -2.41. The predicted molar refractivity (Wildman–Crippen MR) is 86.7 cm³/mol. The summed E-state index contributed by atoms with van der Waals surface area (Å²) >= 11 is 0. The summed E-state index contributed by atoms with van der Waals surface area (Å²) in [6, 6.07) is 4.03. The van der Waals surface area contributed by atoms with Gasteiger partial charge in [-0.1, -0.05) is 0 Å². The molecule has 3 aromatic heterocycles. The molecule has 0 unspecified atom stereocenters. The first-order valence-electron chi connectivity index (χ1n) is 8.11. The third-order valence-electron chi connectivity index (χ3n) is 4.39. The first-order valence-corrected chi connectivity index (χ1v) is 8.11. The number of carbonyl (C=O) groups excluding carboxylic acids is 1. The maximum atomic E-state index is 12.8. The summed E-state index contributed by atoms with van der Waals surface area (Å²) in [5.41, 5.74) is 1.78. The second-order valence-corrected chi connectivity index (χ2v) is 6.22. The Morgan fingerprint density at radius 1 is 1.29 bits per heavy atom. The lowest BCUT2D eigenvalue weighted by molar-refractivity contribution is 0.0661. The van der Waals surface area contributed by atoms with E-state index in [1.807, 2.05) is 41.8 Å². The van der Waals surface area contributed by atoms with Crippen LogP contribution in [0.15, 0.2) is 24.5 Å². The van der Waals surface area contributed by atoms with Crippen LogP contribution in [-0.4, -0.2) is 53.3 Å². The molecule has 4 heterocycles. The minimum absolute atomic E-state index is 0.144. The van der Waals surface area contributed by atoms with Crippen molar-refractivity contribution in [3.05, 3.63) is 41.7 Å². The molecular formula is C16H19N7O. The summed E-state index contributed by atoms with van der Waals surface area (Å²) in [6.45, 7) is 5.18. The number of carbonyl (C=O) groups is 1. The van der Waals surface area contributed by atoms with Crippen LogP contribution in [0.25, 0.3) is 5.78 Å². The van der Waals surface area contributed by atoms with Gasteiger partial charge in [-0.05, 0) is 38.8 Å². The molecule has 1 saturated heterocycles. The van der Waals surface area contributed by atoms with Crippen LogP contribution in [0.1, 0.15) is 40.9 Å². The molecular weight excluding hydrogens is 306 g/mol. The van der Waals surface area contributed by atoms with E-state index in [1.54, 1.807) is 10.7 Å². The fourth-order valence-corrected chi connectivity index (χ4v) is 3.25. The van der Waals surface area contributed by atoms with Gasteiger partial charge in [-0.3, -0.25) is 9.48 Å². The number of likely N-dealkylation sites (tertiary alicyclic amines) is 1. The molecule has 124 valence electrons. The van der Waals surface area contributed by atoms with Gasteiger partial charge in [0.25, 0.3) is 11.7 Å². The molecule has 1 fully saturated rings. The number of hydrogen-bond donors (Lipinski definition) is 0. The summed E-state index contributed by atoms with van der Waals surface area (Å²) in [4.78, 5) is 23.3. The zero-order valence-electron chi connectivity index (χ0n) is 13.8. The van der Waals surface area contributed by atoms with E-state index < -0.39 is 0 Å². The fraction of sp³-hybridized carbons (Fsp3) is 0.438. The van der Waals surface area contributed by atoms with Crippen LogP contribution < -0.4 is 0 Å². The van der Waals surface area contributed by atoms with E-state index in [1.165, 1.54) is 0 Å². The minimum atomic E-state index is -0.144. The molecule has 1 amide bonds. The quantitative estimate of drug-likeness (QED) is 0.712. The molecule has 0 aliphatic carbocycles. The maximum Gasteiger partial charge on any atom is 0.293 e. The molecule has 3 aromatic rings. The van der Waals surface area contributed by atoms with Crippen LogP contribution in [0.3, 0.4) is 0 Å². The largest absolute Gasteiger partial charge is 0.334 e. The standard InChI is InChI=1S/C16H19N7O/c1-11-9-12(2)23-16(18-11)19-14(20-23)15(24)21-7-3-5-13(10-21)22-8-4-6-17-22/h4,6,8-9,13H,3,5,7,10H2,1-2H3/t13-/m0/s1. The van der Waals surface area contributed by atoms with Crippen molar-refractivity contribution in [2.24, 2.45) is 0 Å². The van der Waals surface area contributed by atoms with Gasteiger partial charge in [0.1, 0.15) is 0 Å². The highest BCUT2D eigenvalue weighted by molar-refractivity contribution is 5.91. The van der Waals surface area contributed by atoms with E-state index in [2.05, 4.69) is 20.2 Å². The number of rotatable bonds is 2. The van der Waals surface area contributed by atoms with Crippen molar-refractivity contribution in [2.45, 2.75) is 32.7 Å². The van der Waals surface area contributed by atoms with Gasteiger partial charge in [0.15, 0.2) is 0 Å². The molecule has 1 aliphatic rings. The van der Waals surface area contributed by atoms with Crippen LogP contribution in [0.2, 0.25) is 0 Å². The topological polar surface area (TPSA) is 81.2 Å². The highest BCUT2D eigenvalue weighted by Gasteiger charge is 2.28. The Labute approximate surface area is 139 Å². The number of amides is 1. The van der Waals surface area contributed by atoms with Gasteiger partial charge < -0.3 is 4.90 Å². The van der Waals surface area contributed by atoms with Gasteiger partial charge >= 0.3 is 0 Å². The normalized spacial score (nSPS) is 18.2. The highest BCUT2D eigenvalue weighted by atomic mass is 16.2. The van der Waals surface area contributed by atoms with Crippen molar-refractivity contribution >= 4 is 11.7 Å². The van der Waals surface area contributed by atoms with E-state index in [-0.39, 0.29) is 17.8 Å². The molecule has 4 rings (SSSR count). The van der Waals surface area contributed by atoms with E-state index in [9.17, 15) is 4.79 Å². The van der Waals surface area contributed by atoms with Crippen LogP contribution in [-0.2, 0) is 0 Å². The molecule has 0 spiro atoms.